The van der Waals surface area contributed by atoms with Crippen LogP contribution in [0.15, 0.2) is 29.2 Å². The Hall–Kier alpha value is -2.13. The molecule has 1 aromatic carbocycles. The van der Waals surface area contributed by atoms with E-state index in [-0.39, 0.29) is 43.5 Å². The molecule has 1 aliphatic heterocycles. The van der Waals surface area contributed by atoms with E-state index in [9.17, 15) is 18.0 Å². The highest BCUT2D eigenvalue weighted by atomic mass is 32.2. The number of likely N-dealkylation sites (N-methyl/N-ethyl adjacent to an activating group) is 1. The number of ether oxygens (including phenoxy) is 1. The summed E-state index contributed by atoms with van der Waals surface area (Å²) in [4.78, 5) is 27.6. The zero-order chi connectivity index (χ0) is 22.7. The minimum atomic E-state index is -3.60. The van der Waals surface area contributed by atoms with E-state index in [1.165, 1.54) is 16.3 Å². The molecule has 8 nitrogen and oxygen atoms in total. The average Bonchev–Trinajstić information content (AvgIpc) is 2.66. The summed E-state index contributed by atoms with van der Waals surface area (Å²) in [6.45, 7) is 10.3. The van der Waals surface area contributed by atoms with Gasteiger partial charge < -0.3 is 14.5 Å². The molecular formula is C21H33N3O5S. The van der Waals surface area contributed by atoms with E-state index in [1.54, 1.807) is 37.8 Å². The number of hydrogen-bond acceptors (Lipinski definition) is 5. The lowest BCUT2D eigenvalue weighted by atomic mass is 10.0. The van der Waals surface area contributed by atoms with Crippen LogP contribution in [0.4, 0.5) is 4.79 Å². The standard InChI is InChI=1S/C21H33N3O5S/c1-16(2)17-7-9-18(10-8-17)30(27,28)24-13-11-23(12-14-24)19(25)15-22(6)20(26)29-21(3,4)5/h7-10,16H,11-15H2,1-6H3. The van der Waals surface area contributed by atoms with E-state index in [1.807, 2.05) is 12.1 Å². The van der Waals surface area contributed by atoms with E-state index in [0.717, 1.165) is 5.56 Å². The van der Waals surface area contributed by atoms with Crippen molar-refractivity contribution >= 4 is 22.0 Å². The quantitative estimate of drug-likeness (QED) is 0.704. The van der Waals surface area contributed by atoms with Crippen LogP contribution < -0.4 is 0 Å². The van der Waals surface area contributed by atoms with Crippen LogP contribution >= 0.6 is 0 Å². The molecule has 1 aromatic rings. The van der Waals surface area contributed by atoms with E-state index < -0.39 is 21.7 Å². The van der Waals surface area contributed by atoms with E-state index in [2.05, 4.69) is 13.8 Å². The lowest BCUT2D eigenvalue weighted by Crippen LogP contribution is -2.52. The molecule has 0 unspecified atom stereocenters. The minimum absolute atomic E-state index is 0.113. The van der Waals surface area contributed by atoms with Gasteiger partial charge in [-0.25, -0.2) is 13.2 Å². The highest BCUT2D eigenvalue weighted by Gasteiger charge is 2.31. The van der Waals surface area contributed by atoms with Crippen LogP contribution in [-0.2, 0) is 19.6 Å². The van der Waals surface area contributed by atoms with Crippen LogP contribution in [0.5, 0.6) is 0 Å². The van der Waals surface area contributed by atoms with Crippen molar-refractivity contribution in [1.29, 1.82) is 0 Å². The Bertz CT molecular complexity index is 852. The maximum Gasteiger partial charge on any atom is 0.410 e. The Labute approximate surface area is 179 Å². The van der Waals surface area contributed by atoms with Gasteiger partial charge in [-0.3, -0.25) is 4.79 Å². The molecule has 0 aliphatic carbocycles. The van der Waals surface area contributed by atoms with Crippen molar-refractivity contribution in [2.75, 3.05) is 39.8 Å². The van der Waals surface area contributed by atoms with Crippen molar-refractivity contribution in [2.24, 2.45) is 0 Å². The topological polar surface area (TPSA) is 87.2 Å². The Morgan fingerprint density at radius 1 is 1.07 bits per heavy atom. The summed E-state index contributed by atoms with van der Waals surface area (Å²) in [5.74, 6) is 0.0943. The van der Waals surface area contributed by atoms with Gasteiger partial charge in [-0.05, 0) is 44.4 Å². The van der Waals surface area contributed by atoms with Gasteiger partial charge in [0.2, 0.25) is 15.9 Å². The zero-order valence-electron chi connectivity index (χ0n) is 18.7. The van der Waals surface area contributed by atoms with Gasteiger partial charge in [-0.15, -0.1) is 0 Å². The van der Waals surface area contributed by atoms with Crippen LogP contribution in [0, 0.1) is 0 Å². The van der Waals surface area contributed by atoms with Gasteiger partial charge in [-0.1, -0.05) is 26.0 Å². The first-order valence-corrected chi connectivity index (χ1v) is 11.6. The summed E-state index contributed by atoms with van der Waals surface area (Å²) < 4.78 is 32.4. The molecule has 2 amide bonds. The van der Waals surface area contributed by atoms with Crippen LogP contribution in [0.25, 0.3) is 0 Å². The van der Waals surface area contributed by atoms with E-state index >= 15 is 0 Å². The van der Waals surface area contributed by atoms with Crippen LogP contribution in [0.1, 0.15) is 46.1 Å². The lowest BCUT2D eigenvalue weighted by Gasteiger charge is -2.35. The predicted molar refractivity (Wildman–Crippen MR) is 115 cm³/mol. The molecule has 0 N–H and O–H groups in total. The van der Waals surface area contributed by atoms with Gasteiger partial charge in [0.05, 0.1) is 4.90 Å². The molecule has 9 heteroatoms. The molecule has 168 valence electrons. The van der Waals surface area contributed by atoms with Crippen LogP contribution in [0.3, 0.4) is 0 Å². The van der Waals surface area contributed by atoms with Crippen molar-refractivity contribution in [1.82, 2.24) is 14.1 Å². The summed E-state index contributed by atoms with van der Waals surface area (Å²) in [6.07, 6.45) is -0.568. The van der Waals surface area contributed by atoms with Gasteiger partial charge in [-0.2, -0.15) is 4.31 Å². The summed E-state index contributed by atoms with van der Waals surface area (Å²) in [5.41, 5.74) is 0.445. The molecule has 0 atom stereocenters. The molecule has 0 spiro atoms. The maximum absolute atomic E-state index is 12.9. The predicted octanol–water partition coefficient (Wildman–Crippen LogP) is 2.51. The second-order valence-corrected chi connectivity index (χ2v) is 10.8. The van der Waals surface area contributed by atoms with Gasteiger partial charge in [0.25, 0.3) is 0 Å². The third kappa shape index (κ3) is 6.18. The molecule has 1 saturated heterocycles. The van der Waals surface area contributed by atoms with E-state index in [0.29, 0.717) is 5.92 Å². The third-order valence-electron chi connectivity index (χ3n) is 4.85. The number of benzene rings is 1. The normalized spacial score (nSPS) is 15.9. The van der Waals surface area contributed by atoms with Crippen molar-refractivity contribution in [3.05, 3.63) is 29.8 Å². The largest absolute Gasteiger partial charge is 0.444 e. The monoisotopic (exact) mass is 439 g/mol. The van der Waals surface area contributed by atoms with Gasteiger partial charge in [0.15, 0.2) is 0 Å². The smallest absolute Gasteiger partial charge is 0.410 e. The fraction of sp³-hybridized carbons (Fsp3) is 0.619. The Morgan fingerprint density at radius 3 is 2.07 bits per heavy atom. The second kappa shape index (κ2) is 9.34. The molecule has 0 bridgehead atoms. The number of rotatable bonds is 5. The SMILES string of the molecule is CC(C)c1ccc(S(=O)(=O)N2CCN(C(=O)CN(C)C(=O)OC(C)(C)C)CC2)cc1. The van der Waals surface area contributed by atoms with Crippen molar-refractivity contribution < 1.29 is 22.7 Å². The number of hydrogen-bond donors (Lipinski definition) is 0. The van der Waals surface area contributed by atoms with Crippen molar-refractivity contribution in [3.8, 4) is 0 Å². The highest BCUT2D eigenvalue weighted by Crippen LogP contribution is 2.21. The molecule has 0 saturated carbocycles. The van der Waals surface area contributed by atoms with Crippen molar-refractivity contribution in [3.63, 3.8) is 0 Å². The van der Waals surface area contributed by atoms with Gasteiger partial charge in [0, 0.05) is 33.2 Å². The number of amides is 2. The molecular weight excluding hydrogens is 406 g/mol. The number of piperazine rings is 1. The summed E-state index contributed by atoms with van der Waals surface area (Å²) in [7, 11) is -2.09. The summed E-state index contributed by atoms with van der Waals surface area (Å²) >= 11 is 0. The molecule has 1 fully saturated rings. The highest BCUT2D eigenvalue weighted by molar-refractivity contribution is 7.89. The molecule has 1 aliphatic rings. The number of nitrogens with zero attached hydrogens (tertiary/aromatic N) is 3. The minimum Gasteiger partial charge on any atom is -0.444 e. The maximum atomic E-state index is 12.9. The molecule has 1 heterocycles. The fourth-order valence-electron chi connectivity index (χ4n) is 3.06. The Kier molecular flexibility index (Phi) is 7.52. The number of carbonyl (C=O) groups is 2. The zero-order valence-corrected chi connectivity index (χ0v) is 19.5. The van der Waals surface area contributed by atoms with Gasteiger partial charge >= 0.3 is 6.09 Å². The van der Waals surface area contributed by atoms with Crippen LogP contribution in [0.2, 0.25) is 0 Å². The first kappa shape index (κ1) is 24.1. The second-order valence-electron chi connectivity index (χ2n) is 8.85. The third-order valence-corrected chi connectivity index (χ3v) is 6.77. The van der Waals surface area contributed by atoms with Crippen molar-refractivity contribution in [2.45, 2.75) is 51.0 Å². The number of sulfonamides is 1. The molecule has 2 rings (SSSR count). The fourth-order valence-corrected chi connectivity index (χ4v) is 4.48. The first-order chi connectivity index (χ1) is 13.8. The first-order valence-electron chi connectivity index (χ1n) is 10.1. The van der Waals surface area contributed by atoms with Crippen LogP contribution in [-0.4, -0.2) is 79.9 Å². The Morgan fingerprint density at radius 2 is 1.60 bits per heavy atom. The number of carbonyl (C=O) groups excluding carboxylic acids is 2. The van der Waals surface area contributed by atoms with E-state index in [4.69, 9.17) is 4.74 Å². The average molecular weight is 440 g/mol. The lowest BCUT2D eigenvalue weighted by molar-refractivity contribution is -0.133. The Balaban J connectivity index is 1.93. The summed E-state index contributed by atoms with van der Waals surface area (Å²) in [6, 6.07) is 6.95. The summed E-state index contributed by atoms with van der Waals surface area (Å²) in [5, 5.41) is 0. The molecule has 0 radical (unpaired) electrons. The van der Waals surface area contributed by atoms with Gasteiger partial charge in [0.1, 0.15) is 12.1 Å². The molecule has 30 heavy (non-hydrogen) atoms. The molecule has 0 aromatic heterocycles.